The van der Waals surface area contributed by atoms with E-state index >= 15 is 0 Å². The van der Waals surface area contributed by atoms with Crippen LogP contribution in [0.1, 0.15) is 10.4 Å². The van der Waals surface area contributed by atoms with E-state index in [0.29, 0.717) is 22.3 Å². The number of benzene rings is 1. The number of nitrogens with zero attached hydrogens (tertiary/aromatic N) is 3. The van der Waals surface area contributed by atoms with Crippen LogP contribution < -0.4 is 10.6 Å². The number of fused-ring (bicyclic) bond motifs is 1. The first kappa shape index (κ1) is 16.6. The van der Waals surface area contributed by atoms with Gasteiger partial charge in [0.25, 0.3) is 5.91 Å². The van der Waals surface area contributed by atoms with Gasteiger partial charge in [-0.1, -0.05) is 41.4 Å². The van der Waals surface area contributed by atoms with Crippen LogP contribution in [0.25, 0.3) is 11.0 Å². The number of anilines is 1. The van der Waals surface area contributed by atoms with Gasteiger partial charge in [0.1, 0.15) is 11.2 Å². The van der Waals surface area contributed by atoms with Crippen LogP contribution in [0, 0.1) is 0 Å². The minimum absolute atomic E-state index is 0.0948. The van der Waals surface area contributed by atoms with E-state index in [1.807, 2.05) is 6.07 Å². The fourth-order valence-corrected chi connectivity index (χ4v) is 2.87. The van der Waals surface area contributed by atoms with Crippen molar-refractivity contribution in [1.82, 2.24) is 19.9 Å². The van der Waals surface area contributed by atoms with E-state index in [-0.39, 0.29) is 21.3 Å². The molecule has 122 valence electrons. The largest absolute Gasteiger partial charge is 0.332 e. The number of amides is 1. The van der Waals surface area contributed by atoms with Crippen LogP contribution in [0.5, 0.6) is 0 Å². The molecule has 6 nitrogen and oxygen atoms in total. The van der Waals surface area contributed by atoms with E-state index in [2.05, 4.69) is 20.6 Å². The molecule has 2 aromatic heterocycles. The molecule has 0 radical (unpaired) electrons. The first-order valence-corrected chi connectivity index (χ1v) is 7.97. The maximum atomic E-state index is 12.1. The molecule has 0 aliphatic rings. The van der Waals surface area contributed by atoms with Gasteiger partial charge in [-0.25, -0.2) is 9.97 Å². The van der Waals surface area contributed by atoms with Gasteiger partial charge >= 0.3 is 0 Å². The molecule has 0 aliphatic heterocycles. The maximum absolute atomic E-state index is 12.1. The average molecular weight is 380 g/mol. The number of carbonyl (C=O) groups is 1. The van der Waals surface area contributed by atoms with Crippen LogP contribution in [0.2, 0.25) is 10.3 Å². The zero-order valence-corrected chi connectivity index (χ0v) is 14.7. The Balaban J connectivity index is 1.86. The lowest BCUT2D eigenvalue weighted by Crippen LogP contribution is -2.34. The summed E-state index contributed by atoms with van der Waals surface area (Å²) in [6, 6.07) is 8.74. The van der Waals surface area contributed by atoms with E-state index in [4.69, 9.17) is 35.4 Å². The average Bonchev–Trinajstić information content (AvgIpc) is 2.94. The quantitative estimate of drug-likeness (QED) is 0.527. The minimum atomic E-state index is -0.326. The number of aromatic nitrogens is 3. The van der Waals surface area contributed by atoms with Gasteiger partial charge < -0.3 is 9.88 Å². The number of hydrogen-bond acceptors (Lipinski definition) is 4. The molecule has 1 aromatic carbocycles. The lowest BCUT2D eigenvalue weighted by Gasteiger charge is -2.12. The minimum Gasteiger partial charge on any atom is -0.332 e. The first-order chi connectivity index (χ1) is 11.5. The van der Waals surface area contributed by atoms with Crippen LogP contribution in [0.15, 0.2) is 36.7 Å². The lowest BCUT2D eigenvalue weighted by molar-refractivity contribution is 0.0977. The molecule has 0 saturated carbocycles. The smallest absolute Gasteiger partial charge is 0.257 e. The van der Waals surface area contributed by atoms with Crippen molar-refractivity contribution in [3.8, 4) is 0 Å². The molecule has 1 amide bonds. The van der Waals surface area contributed by atoms with E-state index < -0.39 is 0 Å². The maximum Gasteiger partial charge on any atom is 0.257 e. The van der Waals surface area contributed by atoms with Gasteiger partial charge in [-0.05, 0) is 24.4 Å². The van der Waals surface area contributed by atoms with Crippen LogP contribution in [-0.2, 0) is 7.05 Å². The lowest BCUT2D eigenvalue weighted by atomic mass is 10.2. The zero-order chi connectivity index (χ0) is 17.3. The van der Waals surface area contributed by atoms with Crippen molar-refractivity contribution in [2.75, 3.05) is 5.32 Å². The Hall–Kier alpha value is -2.22. The topological polar surface area (TPSA) is 71.8 Å². The summed E-state index contributed by atoms with van der Waals surface area (Å²) in [5.74, 6) is -0.326. The molecule has 2 N–H and O–H groups in total. The Morgan fingerprint density at radius 2 is 1.92 bits per heavy atom. The molecule has 0 saturated heterocycles. The fourth-order valence-electron chi connectivity index (χ4n) is 2.19. The second-order valence-corrected chi connectivity index (χ2v) is 6.02. The van der Waals surface area contributed by atoms with Crippen LogP contribution >= 0.6 is 35.4 Å². The van der Waals surface area contributed by atoms with Gasteiger partial charge in [0, 0.05) is 12.6 Å². The molecule has 0 spiro atoms. The molecule has 0 aliphatic carbocycles. The first-order valence-electron chi connectivity index (χ1n) is 6.80. The van der Waals surface area contributed by atoms with Crippen molar-refractivity contribution < 1.29 is 4.79 Å². The van der Waals surface area contributed by atoms with E-state index in [1.54, 1.807) is 42.2 Å². The number of halogens is 2. The number of hydrogen-bond donors (Lipinski definition) is 2. The third-order valence-corrected chi connectivity index (χ3v) is 4.01. The van der Waals surface area contributed by atoms with Crippen LogP contribution in [-0.4, -0.2) is 25.6 Å². The summed E-state index contributed by atoms with van der Waals surface area (Å²) in [5, 5.41) is 5.91. The number of aryl methyl sites for hydroxylation is 1. The highest BCUT2D eigenvalue weighted by Crippen LogP contribution is 2.32. The summed E-state index contributed by atoms with van der Waals surface area (Å²) in [5.41, 5.74) is 2.04. The van der Waals surface area contributed by atoms with Crippen molar-refractivity contribution >= 4 is 63.2 Å². The molecule has 0 fully saturated rings. The molecule has 2 heterocycles. The summed E-state index contributed by atoms with van der Waals surface area (Å²) < 4.78 is 1.73. The second-order valence-electron chi connectivity index (χ2n) is 4.90. The van der Waals surface area contributed by atoms with Gasteiger partial charge in [-0.2, -0.15) is 0 Å². The molecule has 9 heteroatoms. The number of nitrogens with one attached hydrogen (secondary N) is 2. The predicted molar refractivity (Wildman–Crippen MR) is 98.7 cm³/mol. The summed E-state index contributed by atoms with van der Waals surface area (Å²) in [4.78, 5) is 20.3. The number of pyridine rings is 1. The SMILES string of the molecule is Cn1cnc2c(Cl)nc(Cl)c(NC(=S)NC(=O)c3ccccc3)c21. The van der Waals surface area contributed by atoms with Crippen LogP contribution in [0.4, 0.5) is 5.69 Å². The second kappa shape index (κ2) is 6.72. The highest BCUT2D eigenvalue weighted by molar-refractivity contribution is 7.80. The zero-order valence-electron chi connectivity index (χ0n) is 12.4. The normalized spacial score (nSPS) is 10.6. The fraction of sp³-hybridized carbons (Fsp3) is 0.0667. The van der Waals surface area contributed by atoms with Crippen molar-refractivity contribution in [2.45, 2.75) is 0 Å². The van der Waals surface area contributed by atoms with E-state index in [9.17, 15) is 4.79 Å². The molecule has 3 aromatic rings. The van der Waals surface area contributed by atoms with Crippen molar-refractivity contribution in [2.24, 2.45) is 7.05 Å². The number of carbonyl (C=O) groups excluding carboxylic acids is 1. The molecule has 0 bridgehead atoms. The standard InChI is InChI=1S/C15H11Cl2N5OS/c1-22-7-18-9-11(22)10(13(17)20-12(9)16)19-15(24)21-14(23)8-5-3-2-4-6-8/h2-7H,1H3,(H2,19,21,23,24). The van der Waals surface area contributed by atoms with Gasteiger partial charge in [-0.15, -0.1) is 0 Å². The summed E-state index contributed by atoms with van der Waals surface area (Å²) in [7, 11) is 1.79. The van der Waals surface area contributed by atoms with Gasteiger partial charge in [0.05, 0.1) is 11.8 Å². The summed E-state index contributed by atoms with van der Waals surface area (Å²) in [6.07, 6.45) is 1.59. The highest BCUT2D eigenvalue weighted by atomic mass is 35.5. The van der Waals surface area contributed by atoms with Crippen molar-refractivity contribution in [3.63, 3.8) is 0 Å². The van der Waals surface area contributed by atoms with E-state index in [1.165, 1.54) is 0 Å². The Morgan fingerprint density at radius 3 is 2.62 bits per heavy atom. The molecule has 0 unspecified atom stereocenters. The van der Waals surface area contributed by atoms with Crippen molar-refractivity contribution in [1.29, 1.82) is 0 Å². The van der Waals surface area contributed by atoms with Crippen LogP contribution in [0.3, 0.4) is 0 Å². The molecule has 24 heavy (non-hydrogen) atoms. The number of imidazole rings is 1. The third kappa shape index (κ3) is 3.19. The molecule has 0 atom stereocenters. The number of thiocarbonyl (C=S) groups is 1. The monoisotopic (exact) mass is 379 g/mol. The van der Waals surface area contributed by atoms with Gasteiger partial charge in [0.15, 0.2) is 15.4 Å². The third-order valence-electron chi connectivity index (χ3n) is 3.27. The Labute approximate surface area is 152 Å². The molecular weight excluding hydrogens is 369 g/mol. The Kier molecular flexibility index (Phi) is 4.66. The molecule has 3 rings (SSSR count). The van der Waals surface area contributed by atoms with Crippen molar-refractivity contribution in [3.05, 3.63) is 52.5 Å². The highest BCUT2D eigenvalue weighted by Gasteiger charge is 2.17. The predicted octanol–water partition coefficient (Wildman–Crippen LogP) is 3.40. The van der Waals surface area contributed by atoms with E-state index in [0.717, 1.165) is 0 Å². The van der Waals surface area contributed by atoms with Gasteiger partial charge in [0.2, 0.25) is 0 Å². The summed E-state index contributed by atoms with van der Waals surface area (Å²) in [6.45, 7) is 0. The number of rotatable bonds is 2. The molecular formula is C15H11Cl2N5OS. The van der Waals surface area contributed by atoms with Gasteiger partial charge in [-0.3, -0.25) is 10.1 Å². The Morgan fingerprint density at radius 1 is 1.21 bits per heavy atom. The Bertz CT molecular complexity index is 942. The summed E-state index contributed by atoms with van der Waals surface area (Å²) >= 11 is 17.4.